The van der Waals surface area contributed by atoms with E-state index in [1.807, 2.05) is 36.4 Å². The molecule has 0 heterocycles. The predicted octanol–water partition coefficient (Wildman–Crippen LogP) is 4.52. The molecule has 0 radical (unpaired) electrons. The Morgan fingerprint density at radius 2 is 0.917 bits per heavy atom. The van der Waals surface area contributed by atoms with Gasteiger partial charge >= 0.3 is 0 Å². The number of benzene rings is 1. The topological polar surface area (TPSA) is 0 Å². The maximum Gasteiger partial charge on any atom is -0.0538 e. The molecule has 0 nitrogen and oxygen atoms in total. The van der Waals surface area contributed by atoms with Crippen molar-refractivity contribution in [2.75, 3.05) is 0 Å². The monoisotopic (exact) mass is 166 g/mol. The molecule has 0 bridgehead atoms. The third kappa shape index (κ3) is 12.0. The smallest absolute Gasteiger partial charge is 0.0538 e. The molecule has 1 aromatic rings. The Morgan fingerprint density at radius 1 is 0.667 bits per heavy atom. The van der Waals surface area contributed by atoms with Crippen molar-refractivity contribution in [1.82, 2.24) is 0 Å². The van der Waals surface area contributed by atoms with Crippen LogP contribution in [0.4, 0.5) is 0 Å². The van der Waals surface area contributed by atoms with E-state index in [9.17, 15) is 0 Å². The zero-order chi connectivity index (χ0) is 8.36. The molecule has 70 valence electrons. The molecule has 0 atom stereocenters. The van der Waals surface area contributed by atoms with Gasteiger partial charge in [0.25, 0.3) is 0 Å². The SMILES string of the molecule is C.CCCCC.c1ccccc1. The van der Waals surface area contributed by atoms with E-state index < -0.39 is 0 Å². The van der Waals surface area contributed by atoms with Crippen LogP contribution < -0.4 is 0 Å². The molecule has 0 aliphatic heterocycles. The molecule has 0 unspecified atom stereocenters. The highest BCUT2D eigenvalue weighted by Gasteiger charge is 1.68. The van der Waals surface area contributed by atoms with Gasteiger partial charge in [-0.1, -0.05) is 76.9 Å². The quantitative estimate of drug-likeness (QED) is 0.606. The Hall–Kier alpha value is -0.780. The fourth-order valence-corrected chi connectivity index (χ4v) is 0.738. The summed E-state index contributed by atoms with van der Waals surface area (Å²) in [4.78, 5) is 0. The van der Waals surface area contributed by atoms with Crippen LogP contribution in [0.5, 0.6) is 0 Å². The zero-order valence-corrected chi connectivity index (χ0v) is 7.59. The molecule has 0 aliphatic carbocycles. The standard InChI is InChI=1S/C6H6.C5H12.CH4/c1-2-4-6-5-3-1;1-3-5-4-2;/h1-6H;3-5H2,1-2H3;1H4. The van der Waals surface area contributed by atoms with Crippen LogP contribution in [0.25, 0.3) is 0 Å². The fraction of sp³-hybridized carbons (Fsp3) is 0.500. The molecule has 0 spiro atoms. The van der Waals surface area contributed by atoms with E-state index in [1.165, 1.54) is 19.3 Å². The van der Waals surface area contributed by atoms with E-state index in [1.54, 1.807) is 0 Å². The van der Waals surface area contributed by atoms with Gasteiger partial charge in [-0.05, 0) is 0 Å². The Kier molecular flexibility index (Phi) is 14.8. The molecule has 0 saturated heterocycles. The van der Waals surface area contributed by atoms with Crippen LogP contribution in [-0.4, -0.2) is 0 Å². The average molecular weight is 166 g/mol. The van der Waals surface area contributed by atoms with E-state index >= 15 is 0 Å². The molecular formula is C12H22. The molecule has 0 saturated carbocycles. The molecule has 0 heteroatoms. The lowest BCUT2D eigenvalue weighted by molar-refractivity contribution is 0.772. The number of rotatable bonds is 2. The van der Waals surface area contributed by atoms with Crippen molar-refractivity contribution in [2.24, 2.45) is 0 Å². The van der Waals surface area contributed by atoms with E-state index in [-0.39, 0.29) is 7.43 Å². The summed E-state index contributed by atoms with van der Waals surface area (Å²) in [5.74, 6) is 0. The summed E-state index contributed by atoms with van der Waals surface area (Å²) in [5.41, 5.74) is 0. The molecule has 1 rings (SSSR count). The molecule has 0 amide bonds. The third-order valence-electron chi connectivity index (χ3n) is 1.37. The predicted molar refractivity (Wildman–Crippen MR) is 58.4 cm³/mol. The Labute approximate surface area is 77.6 Å². The van der Waals surface area contributed by atoms with Gasteiger partial charge in [-0.2, -0.15) is 0 Å². The second-order valence-electron chi connectivity index (χ2n) is 2.51. The highest BCUT2D eigenvalue weighted by Crippen LogP contribution is 1.88. The van der Waals surface area contributed by atoms with Gasteiger partial charge in [-0.25, -0.2) is 0 Å². The van der Waals surface area contributed by atoms with Gasteiger partial charge in [0.05, 0.1) is 0 Å². The summed E-state index contributed by atoms with van der Waals surface area (Å²) >= 11 is 0. The molecule has 0 N–H and O–H groups in total. The first kappa shape index (κ1) is 13.8. The summed E-state index contributed by atoms with van der Waals surface area (Å²) in [6, 6.07) is 12.0. The summed E-state index contributed by atoms with van der Waals surface area (Å²) in [7, 11) is 0. The van der Waals surface area contributed by atoms with Crippen molar-refractivity contribution in [3.05, 3.63) is 36.4 Å². The second-order valence-corrected chi connectivity index (χ2v) is 2.51. The largest absolute Gasteiger partial charge is 0.0776 e. The van der Waals surface area contributed by atoms with Gasteiger partial charge in [0.2, 0.25) is 0 Å². The first-order valence-electron chi connectivity index (χ1n) is 4.41. The van der Waals surface area contributed by atoms with Crippen LogP contribution in [0.15, 0.2) is 36.4 Å². The average Bonchev–Trinajstić information content (AvgIpc) is 2.10. The number of hydrogen-bond donors (Lipinski definition) is 0. The van der Waals surface area contributed by atoms with Gasteiger partial charge in [0, 0.05) is 0 Å². The van der Waals surface area contributed by atoms with Crippen LogP contribution in [-0.2, 0) is 0 Å². The zero-order valence-electron chi connectivity index (χ0n) is 7.59. The Balaban J connectivity index is 0. The number of hydrogen-bond acceptors (Lipinski definition) is 0. The van der Waals surface area contributed by atoms with Crippen LogP contribution in [0.2, 0.25) is 0 Å². The molecule has 0 aromatic heterocycles. The number of unbranched alkanes of at least 4 members (excludes halogenated alkanes) is 2. The van der Waals surface area contributed by atoms with Gasteiger partial charge in [-0.15, -0.1) is 0 Å². The van der Waals surface area contributed by atoms with E-state index in [0.29, 0.717) is 0 Å². The van der Waals surface area contributed by atoms with Crippen molar-refractivity contribution in [2.45, 2.75) is 40.5 Å². The van der Waals surface area contributed by atoms with E-state index in [2.05, 4.69) is 13.8 Å². The van der Waals surface area contributed by atoms with Crippen LogP contribution in [0, 0.1) is 0 Å². The van der Waals surface area contributed by atoms with Crippen molar-refractivity contribution >= 4 is 0 Å². The minimum absolute atomic E-state index is 0. The third-order valence-corrected chi connectivity index (χ3v) is 1.37. The van der Waals surface area contributed by atoms with Gasteiger partial charge in [-0.3, -0.25) is 0 Å². The maximum atomic E-state index is 2.21. The van der Waals surface area contributed by atoms with Gasteiger partial charge < -0.3 is 0 Å². The minimum atomic E-state index is 0. The van der Waals surface area contributed by atoms with Crippen molar-refractivity contribution in [3.63, 3.8) is 0 Å². The molecular weight excluding hydrogens is 144 g/mol. The fourth-order valence-electron chi connectivity index (χ4n) is 0.738. The van der Waals surface area contributed by atoms with Crippen LogP contribution in [0.1, 0.15) is 40.5 Å². The highest BCUT2D eigenvalue weighted by atomic mass is 13.7. The molecule has 0 aliphatic rings. The van der Waals surface area contributed by atoms with Crippen molar-refractivity contribution in [1.29, 1.82) is 0 Å². The van der Waals surface area contributed by atoms with Gasteiger partial charge in [0.15, 0.2) is 0 Å². The van der Waals surface area contributed by atoms with Gasteiger partial charge in [0.1, 0.15) is 0 Å². The molecule has 12 heavy (non-hydrogen) atoms. The van der Waals surface area contributed by atoms with Crippen molar-refractivity contribution < 1.29 is 0 Å². The maximum absolute atomic E-state index is 2.21. The first-order chi connectivity index (χ1) is 5.41. The second kappa shape index (κ2) is 12.9. The summed E-state index contributed by atoms with van der Waals surface area (Å²) in [6.07, 6.45) is 4.08. The lowest BCUT2D eigenvalue weighted by Crippen LogP contribution is -1.59. The lowest BCUT2D eigenvalue weighted by Gasteiger charge is -1.79. The summed E-state index contributed by atoms with van der Waals surface area (Å²) < 4.78 is 0. The lowest BCUT2D eigenvalue weighted by atomic mass is 10.3. The van der Waals surface area contributed by atoms with E-state index in [4.69, 9.17) is 0 Å². The first-order valence-corrected chi connectivity index (χ1v) is 4.41. The molecule has 1 aromatic carbocycles. The van der Waals surface area contributed by atoms with Crippen LogP contribution >= 0.6 is 0 Å². The van der Waals surface area contributed by atoms with E-state index in [0.717, 1.165) is 0 Å². The van der Waals surface area contributed by atoms with Crippen LogP contribution in [0.3, 0.4) is 0 Å². The minimum Gasteiger partial charge on any atom is -0.0776 e. The Morgan fingerprint density at radius 3 is 1.00 bits per heavy atom. The Bertz CT molecular complexity index is 103. The summed E-state index contributed by atoms with van der Waals surface area (Å²) in [5, 5.41) is 0. The normalized spacial score (nSPS) is 7.50. The molecule has 0 fully saturated rings. The highest BCUT2D eigenvalue weighted by molar-refractivity contribution is 4.99. The summed E-state index contributed by atoms with van der Waals surface area (Å²) in [6.45, 7) is 4.42. The van der Waals surface area contributed by atoms with Crippen molar-refractivity contribution in [3.8, 4) is 0 Å².